The lowest BCUT2D eigenvalue weighted by Crippen LogP contribution is -2.22. The van der Waals surface area contributed by atoms with Crippen LogP contribution in [0.25, 0.3) is 0 Å². The number of carbonyl (C=O) groups is 1. The van der Waals surface area contributed by atoms with Crippen LogP contribution in [0.2, 0.25) is 0 Å². The summed E-state index contributed by atoms with van der Waals surface area (Å²) >= 11 is 0. The number of rotatable bonds is 6. The molecule has 0 aliphatic rings. The highest BCUT2D eigenvalue weighted by Crippen LogP contribution is 2.16. The molecule has 1 aromatic carbocycles. The van der Waals surface area contributed by atoms with E-state index < -0.39 is 0 Å². The van der Waals surface area contributed by atoms with Crippen LogP contribution >= 0.6 is 0 Å². The number of anilines is 1. The van der Waals surface area contributed by atoms with Gasteiger partial charge in [-0.15, -0.1) is 0 Å². The molecule has 4 heteroatoms. The molecule has 0 spiro atoms. The quantitative estimate of drug-likeness (QED) is 0.824. The summed E-state index contributed by atoms with van der Waals surface area (Å²) in [4.78, 5) is 12.0. The molecule has 0 saturated heterocycles. The Kier molecular flexibility index (Phi) is 6.04. The second-order valence-electron chi connectivity index (χ2n) is 4.96. The maximum atomic E-state index is 12.0. The van der Waals surface area contributed by atoms with Crippen molar-refractivity contribution in [3.8, 4) is 6.07 Å². The van der Waals surface area contributed by atoms with E-state index in [9.17, 15) is 4.79 Å². The SMILES string of the molecule is CC(N)CCCC(C)C(=O)Nc1ccccc1C#N. The van der Waals surface area contributed by atoms with Crippen LogP contribution in [-0.2, 0) is 4.79 Å². The minimum Gasteiger partial charge on any atom is -0.328 e. The van der Waals surface area contributed by atoms with Gasteiger partial charge in [0.15, 0.2) is 0 Å². The van der Waals surface area contributed by atoms with E-state index in [1.165, 1.54) is 0 Å². The van der Waals surface area contributed by atoms with Gasteiger partial charge in [-0.2, -0.15) is 5.26 Å². The lowest BCUT2D eigenvalue weighted by Gasteiger charge is -2.13. The molecule has 0 bridgehead atoms. The van der Waals surface area contributed by atoms with Crippen molar-refractivity contribution in [2.45, 2.75) is 39.2 Å². The maximum absolute atomic E-state index is 12.0. The summed E-state index contributed by atoms with van der Waals surface area (Å²) in [5, 5.41) is 11.8. The summed E-state index contributed by atoms with van der Waals surface area (Å²) in [7, 11) is 0. The first-order valence-corrected chi connectivity index (χ1v) is 6.60. The molecule has 0 fully saturated rings. The topological polar surface area (TPSA) is 78.9 Å². The first-order chi connectivity index (χ1) is 9.04. The van der Waals surface area contributed by atoms with Gasteiger partial charge in [0.2, 0.25) is 5.91 Å². The zero-order chi connectivity index (χ0) is 14.3. The smallest absolute Gasteiger partial charge is 0.227 e. The number of nitriles is 1. The van der Waals surface area contributed by atoms with E-state index in [-0.39, 0.29) is 17.9 Å². The third-order valence-corrected chi connectivity index (χ3v) is 3.05. The fourth-order valence-electron chi connectivity index (χ4n) is 1.82. The molecule has 0 aliphatic heterocycles. The van der Waals surface area contributed by atoms with Crippen molar-refractivity contribution < 1.29 is 4.79 Å². The fourth-order valence-corrected chi connectivity index (χ4v) is 1.82. The van der Waals surface area contributed by atoms with Gasteiger partial charge in [0, 0.05) is 12.0 Å². The van der Waals surface area contributed by atoms with E-state index in [2.05, 4.69) is 11.4 Å². The predicted octanol–water partition coefficient (Wildman–Crippen LogP) is 2.65. The minimum atomic E-state index is -0.0782. The van der Waals surface area contributed by atoms with Crippen LogP contribution in [0.15, 0.2) is 24.3 Å². The molecule has 1 rings (SSSR count). The predicted molar refractivity (Wildman–Crippen MR) is 76.5 cm³/mol. The van der Waals surface area contributed by atoms with E-state index in [1.54, 1.807) is 24.3 Å². The Morgan fingerprint density at radius 1 is 1.37 bits per heavy atom. The molecule has 102 valence electrons. The number of carbonyl (C=O) groups excluding carboxylic acids is 1. The molecular formula is C15H21N3O. The summed E-state index contributed by atoms with van der Waals surface area (Å²) < 4.78 is 0. The standard InChI is InChI=1S/C15H21N3O/c1-11(6-5-7-12(2)17)15(19)18-14-9-4-3-8-13(14)10-16/h3-4,8-9,11-12H,5-7,17H2,1-2H3,(H,18,19). The number of para-hydroxylation sites is 1. The van der Waals surface area contributed by atoms with Crippen LogP contribution in [0.3, 0.4) is 0 Å². The summed E-state index contributed by atoms with van der Waals surface area (Å²) in [6.07, 6.45) is 2.67. The van der Waals surface area contributed by atoms with Crippen molar-refractivity contribution in [1.82, 2.24) is 0 Å². The molecule has 1 aromatic rings. The highest BCUT2D eigenvalue weighted by atomic mass is 16.1. The molecule has 0 aliphatic carbocycles. The Hall–Kier alpha value is -1.86. The third kappa shape index (κ3) is 5.11. The van der Waals surface area contributed by atoms with Gasteiger partial charge in [-0.3, -0.25) is 4.79 Å². The van der Waals surface area contributed by atoms with E-state index in [0.717, 1.165) is 19.3 Å². The number of benzene rings is 1. The molecule has 1 amide bonds. The molecule has 2 atom stereocenters. The Balaban J connectivity index is 2.52. The lowest BCUT2D eigenvalue weighted by molar-refractivity contribution is -0.119. The van der Waals surface area contributed by atoms with Crippen molar-refractivity contribution in [2.75, 3.05) is 5.32 Å². The molecular weight excluding hydrogens is 238 g/mol. The molecule has 4 nitrogen and oxygen atoms in total. The van der Waals surface area contributed by atoms with Gasteiger partial charge in [-0.25, -0.2) is 0 Å². The van der Waals surface area contributed by atoms with Crippen LogP contribution in [0, 0.1) is 17.2 Å². The number of nitrogens with one attached hydrogen (secondary N) is 1. The van der Waals surface area contributed by atoms with Gasteiger partial charge in [0.25, 0.3) is 0 Å². The number of hydrogen-bond acceptors (Lipinski definition) is 3. The number of nitrogens with zero attached hydrogens (tertiary/aromatic N) is 1. The second kappa shape index (κ2) is 7.55. The lowest BCUT2D eigenvalue weighted by atomic mass is 10.0. The molecule has 2 unspecified atom stereocenters. The first-order valence-electron chi connectivity index (χ1n) is 6.60. The molecule has 0 saturated carbocycles. The van der Waals surface area contributed by atoms with Gasteiger partial charge < -0.3 is 11.1 Å². The van der Waals surface area contributed by atoms with Crippen LogP contribution < -0.4 is 11.1 Å². The Morgan fingerprint density at radius 2 is 2.05 bits per heavy atom. The summed E-state index contributed by atoms with van der Waals surface area (Å²) in [5.74, 6) is -0.127. The van der Waals surface area contributed by atoms with Crippen LogP contribution in [0.5, 0.6) is 0 Å². The fraction of sp³-hybridized carbons (Fsp3) is 0.467. The average Bonchev–Trinajstić information content (AvgIpc) is 2.38. The van der Waals surface area contributed by atoms with Crippen molar-refractivity contribution >= 4 is 11.6 Å². The second-order valence-corrected chi connectivity index (χ2v) is 4.96. The number of nitrogens with two attached hydrogens (primary N) is 1. The van der Waals surface area contributed by atoms with Crippen LogP contribution in [0.4, 0.5) is 5.69 Å². The van der Waals surface area contributed by atoms with Gasteiger partial charge in [-0.1, -0.05) is 25.5 Å². The Bertz CT molecular complexity index is 463. The molecule has 3 N–H and O–H groups in total. The van der Waals surface area contributed by atoms with Crippen molar-refractivity contribution in [3.63, 3.8) is 0 Å². The molecule has 0 heterocycles. The van der Waals surface area contributed by atoms with Crippen molar-refractivity contribution in [2.24, 2.45) is 11.7 Å². The summed E-state index contributed by atoms with van der Waals surface area (Å²) in [6, 6.07) is 9.26. The monoisotopic (exact) mass is 259 g/mol. The van der Waals surface area contributed by atoms with E-state index in [4.69, 9.17) is 11.0 Å². The zero-order valence-electron chi connectivity index (χ0n) is 11.5. The van der Waals surface area contributed by atoms with Gasteiger partial charge >= 0.3 is 0 Å². The van der Waals surface area contributed by atoms with Gasteiger partial charge in [-0.05, 0) is 31.9 Å². The van der Waals surface area contributed by atoms with Crippen LogP contribution in [0.1, 0.15) is 38.7 Å². The van der Waals surface area contributed by atoms with Crippen molar-refractivity contribution in [1.29, 1.82) is 5.26 Å². The minimum absolute atomic E-state index is 0.0487. The van der Waals surface area contributed by atoms with Gasteiger partial charge in [0.1, 0.15) is 6.07 Å². The molecule has 0 radical (unpaired) electrons. The maximum Gasteiger partial charge on any atom is 0.227 e. The largest absolute Gasteiger partial charge is 0.328 e. The van der Waals surface area contributed by atoms with Crippen molar-refractivity contribution in [3.05, 3.63) is 29.8 Å². The Labute approximate surface area is 114 Å². The third-order valence-electron chi connectivity index (χ3n) is 3.05. The van der Waals surface area contributed by atoms with E-state index >= 15 is 0 Å². The van der Waals surface area contributed by atoms with Gasteiger partial charge in [0.05, 0.1) is 11.3 Å². The van der Waals surface area contributed by atoms with E-state index in [1.807, 2.05) is 13.8 Å². The average molecular weight is 259 g/mol. The van der Waals surface area contributed by atoms with Crippen LogP contribution in [-0.4, -0.2) is 11.9 Å². The molecule has 19 heavy (non-hydrogen) atoms. The Morgan fingerprint density at radius 3 is 2.68 bits per heavy atom. The summed E-state index contributed by atoms with van der Waals surface area (Å²) in [5.41, 5.74) is 6.74. The first kappa shape index (κ1) is 15.2. The highest BCUT2D eigenvalue weighted by molar-refractivity contribution is 5.93. The zero-order valence-corrected chi connectivity index (χ0v) is 11.5. The normalized spacial score (nSPS) is 13.4. The highest BCUT2D eigenvalue weighted by Gasteiger charge is 2.14. The summed E-state index contributed by atoms with van der Waals surface area (Å²) in [6.45, 7) is 3.86. The number of hydrogen-bond donors (Lipinski definition) is 2. The molecule has 0 aromatic heterocycles. The van der Waals surface area contributed by atoms with E-state index in [0.29, 0.717) is 11.3 Å². The number of amides is 1.